The SMILES string of the molecule is CC1(C=CC(=O)O)CC=CO1. The molecule has 3 heteroatoms. The molecule has 1 N–H and O–H groups in total. The van der Waals surface area contributed by atoms with Crippen molar-refractivity contribution in [2.24, 2.45) is 0 Å². The second-order valence-corrected chi connectivity index (χ2v) is 2.68. The van der Waals surface area contributed by atoms with E-state index in [1.54, 1.807) is 12.3 Å². The van der Waals surface area contributed by atoms with Crippen molar-refractivity contribution in [1.29, 1.82) is 0 Å². The van der Waals surface area contributed by atoms with Crippen molar-refractivity contribution in [1.82, 2.24) is 0 Å². The molecule has 0 bridgehead atoms. The van der Waals surface area contributed by atoms with Crippen LogP contribution < -0.4 is 0 Å². The fraction of sp³-hybridized carbons (Fsp3) is 0.375. The summed E-state index contributed by atoms with van der Waals surface area (Å²) in [6.07, 6.45) is 6.84. The largest absolute Gasteiger partial charge is 0.491 e. The van der Waals surface area contributed by atoms with E-state index in [1.807, 2.05) is 13.0 Å². The Morgan fingerprint density at radius 1 is 1.82 bits per heavy atom. The van der Waals surface area contributed by atoms with E-state index in [-0.39, 0.29) is 0 Å². The molecule has 0 saturated carbocycles. The van der Waals surface area contributed by atoms with E-state index in [0.717, 1.165) is 12.5 Å². The van der Waals surface area contributed by atoms with E-state index < -0.39 is 11.6 Å². The lowest BCUT2D eigenvalue weighted by Gasteiger charge is -2.17. The molecule has 0 aromatic heterocycles. The van der Waals surface area contributed by atoms with E-state index in [0.29, 0.717) is 0 Å². The van der Waals surface area contributed by atoms with Crippen LogP contribution in [-0.4, -0.2) is 16.7 Å². The number of carbonyl (C=O) groups is 1. The van der Waals surface area contributed by atoms with E-state index in [1.165, 1.54) is 0 Å². The lowest BCUT2D eigenvalue weighted by atomic mass is 10.0. The van der Waals surface area contributed by atoms with E-state index >= 15 is 0 Å². The Balaban J connectivity index is 2.54. The second-order valence-electron chi connectivity index (χ2n) is 2.68. The van der Waals surface area contributed by atoms with Gasteiger partial charge >= 0.3 is 5.97 Å². The summed E-state index contributed by atoms with van der Waals surface area (Å²) in [5.74, 6) is -0.943. The topological polar surface area (TPSA) is 46.5 Å². The standard InChI is InChI=1S/C8H10O3/c1-8(4-2-6-11-8)5-3-7(9)10/h2-3,5-6H,4H2,1H3,(H,9,10). The molecule has 3 nitrogen and oxygen atoms in total. The normalized spacial score (nSPS) is 29.2. The molecule has 60 valence electrons. The minimum Gasteiger partial charge on any atom is -0.491 e. The van der Waals surface area contributed by atoms with Gasteiger partial charge in [0.1, 0.15) is 5.60 Å². The number of aliphatic carboxylic acids is 1. The molecule has 0 fully saturated rings. The van der Waals surface area contributed by atoms with Gasteiger partial charge in [0.25, 0.3) is 0 Å². The Morgan fingerprint density at radius 3 is 3.00 bits per heavy atom. The molecule has 0 amide bonds. The predicted molar refractivity (Wildman–Crippen MR) is 40.0 cm³/mol. The van der Waals surface area contributed by atoms with Crippen molar-refractivity contribution < 1.29 is 14.6 Å². The quantitative estimate of drug-likeness (QED) is 0.610. The summed E-state index contributed by atoms with van der Waals surface area (Å²) in [6, 6.07) is 0. The van der Waals surface area contributed by atoms with Crippen molar-refractivity contribution in [2.45, 2.75) is 18.9 Å². The van der Waals surface area contributed by atoms with Gasteiger partial charge in [-0.3, -0.25) is 0 Å². The van der Waals surface area contributed by atoms with Crippen LogP contribution in [0.1, 0.15) is 13.3 Å². The highest BCUT2D eigenvalue weighted by Gasteiger charge is 2.23. The van der Waals surface area contributed by atoms with Gasteiger partial charge in [-0.05, 0) is 19.1 Å². The van der Waals surface area contributed by atoms with Crippen LogP contribution in [0.4, 0.5) is 0 Å². The average molecular weight is 154 g/mol. The van der Waals surface area contributed by atoms with Crippen LogP contribution >= 0.6 is 0 Å². The Labute approximate surface area is 65.0 Å². The first-order chi connectivity index (χ1) is 5.12. The van der Waals surface area contributed by atoms with Gasteiger partial charge < -0.3 is 9.84 Å². The minimum absolute atomic E-state index is 0.446. The maximum absolute atomic E-state index is 10.1. The molecular weight excluding hydrogens is 144 g/mol. The third-order valence-corrected chi connectivity index (χ3v) is 1.54. The molecule has 0 spiro atoms. The zero-order valence-corrected chi connectivity index (χ0v) is 6.28. The number of carboxylic acid groups (broad SMARTS) is 1. The highest BCUT2D eigenvalue weighted by Crippen LogP contribution is 2.23. The van der Waals surface area contributed by atoms with E-state index in [2.05, 4.69) is 0 Å². The zero-order chi connectivity index (χ0) is 8.32. The summed E-state index contributed by atoms with van der Waals surface area (Å²) in [5.41, 5.74) is -0.446. The van der Waals surface area contributed by atoms with Crippen molar-refractivity contribution in [3.05, 3.63) is 24.5 Å². The number of carboxylic acids is 1. The molecule has 0 saturated heterocycles. The van der Waals surface area contributed by atoms with Gasteiger partial charge in [0, 0.05) is 12.5 Å². The van der Waals surface area contributed by atoms with Crippen LogP contribution in [0.3, 0.4) is 0 Å². The van der Waals surface area contributed by atoms with Crippen LogP contribution in [0.5, 0.6) is 0 Å². The summed E-state index contributed by atoms with van der Waals surface area (Å²) in [7, 11) is 0. The summed E-state index contributed by atoms with van der Waals surface area (Å²) in [6.45, 7) is 1.84. The molecule has 1 unspecified atom stereocenters. The van der Waals surface area contributed by atoms with Gasteiger partial charge in [-0.25, -0.2) is 4.79 Å². The van der Waals surface area contributed by atoms with Gasteiger partial charge in [0.15, 0.2) is 0 Å². The van der Waals surface area contributed by atoms with E-state index in [9.17, 15) is 4.79 Å². The Morgan fingerprint density at radius 2 is 2.55 bits per heavy atom. The Kier molecular flexibility index (Phi) is 1.98. The second kappa shape index (κ2) is 2.78. The first-order valence-electron chi connectivity index (χ1n) is 3.37. The fourth-order valence-electron chi connectivity index (χ4n) is 0.889. The first kappa shape index (κ1) is 7.85. The van der Waals surface area contributed by atoms with E-state index in [4.69, 9.17) is 9.84 Å². The summed E-state index contributed by atoms with van der Waals surface area (Å²) in [4.78, 5) is 10.1. The fourth-order valence-corrected chi connectivity index (χ4v) is 0.889. The Hall–Kier alpha value is -1.25. The monoisotopic (exact) mass is 154 g/mol. The molecule has 0 aliphatic carbocycles. The van der Waals surface area contributed by atoms with Crippen molar-refractivity contribution >= 4 is 5.97 Å². The third kappa shape index (κ3) is 2.11. The van der Waals surface area contributed by atoms with Crippen LogP contribution in [0.2, 0.25) is 0 Å². The molecule has 1 atom stereocenters. The van der Waals surface area contributed by atoms with Crippen LogP contribution in [0.15, 0.2) is 24.5 Å². The lowest BCUT2D eigenvalue weighted by Crippen LogP contribution is -2.19. The van der Waals surface area contributed by atoms with Crippen LogP contribution in [0.25, 0.3) is 0 Å². The smallest absolute Gasteiger partial charge is 0.328 e. The summed E-state index contributed by atoms with van der Waals surface area (Å²) < 4.78 is 5.16. The molecule has 1 aliphatic heterocycles. The van der Waals surface area contributed by atoms with Crippen LogP contribution in [-0.2, 0) is 9.53 Å². The van der Waals surface area contributed by atoms with Gasteiger partial charge in [0.2, 0.25) is 0 Å². The van der Waals surface area contributed by atoms with Crippen molar-refractivity contribution in [2.75, 3.05) is 0 Å². The number of hydrogen-bond donors (Lipinski definition) is 1. The molecule has 1 aliphatic rings. The summed E-state index contributed by atoms with van der Waals surface area (Å²) >= 11 is 0. The molecule has 1 rings (SSSR count). The molecular formula is C8H10O3. The van der Waals surface area contributed by atoms with Gasteiger partial charge in [-0.2, -0.15) is 0 Å². The van der Waals surface area contributed by atoms with Crippen LogP contribution in [0, 0.1) is 0 Å². The summed E-state index contributed by atoms with van der Waals surface area (Å²) in [5, 5.41) is 8.33. The minimum atomic E-state index is -0.943. The molecule has 11 heavy (non-hydrogen) atoms. The Bertz CT molecular complexity index is 207. The highest BCUT2D eigenvalue weighted by atomic mass is 16.5. The maximum atomic E-state index is 10.1. The molecule has 0 aromatic carbocycles. The maximum Gasteiger partial charge on any atom is 0.328 e. The number of rotatable bonds is 2. The van der Waals surface area contributed by atoms with Crippen molar-refractivity contribution in [3.63, 3.8) is 0 Å². The zero-order valence-electron chi connectivity index (χ0n) is 6.28. The average Bonchev–Trinajstić information content (AvgIpc) is 2.33. The van der Waals surface area contributed by atoms with Gasteiger partial charge in [-0.1, -0.05) is 0 Å². The van der Waals surface area contributed by atoms with Crippen molar-refractivity contribution in [3.8, 4) is 0 Å². The molecule has 0 radical (unpaired) electrons. The first-order valence-corrected chi connectivity index (χ1v) is 3.37. The third-order valence-electron chi connectivity index (χ3n) is 1.54. The number of ether oxygens (including phenoxy) is 1. The van der Waals surface area contributed by atoms with Gasteiger partial charge in [0.05, 0.1) is 6.26 Å². The number of hydrogen-bond acceptors (Lipinski definition) is 2. The lowest BCUT2D eigenvalue weighted by molar-refractivity contribution is -0.131. The predicted octanol–water partition coefficient (Wildman–Crippen LogP) is 1.32. The highest BCUT2D eigenvalue weighted by molar-refractivity contribution is 5.79. The molecule has 0 aromatic rings. The molecule has 1 heterocycles. The van der Waals surface area contributed by atoms with Gasteiger partial charge in [-0.15, -0.1) is 0 Å².